The van der Waals surface area contributed by atoms with E-state index in [9.17, 15) is 4.79 Å². The summed E-state index contributed by atoms with van der Waals surface area (Å²) in [6.07, 6.45) is 2.62. The normalized spacial score (nSPS) is 10.6. The monoisotopic (exact) mass is 511 g/mol. The molecular weight excluding hydrogens is 482 g/mol. The van der Waals surface area contributed by atoms with E-state index in [1.807, 2.05) is 32.1 Å². The van der Waals surface area contributed by atoms with E-state index in [-0.39, 0.29) is 11.9 Å². The fraction of sp³-hybridized carbons (Fsp3) is 0.280. The van der Waals surface area contributed by atoms with Crippen molar-refractivity contribution in [3.8, 4) is 22.9 Å². The summed E-state index contributed by atoms with van der Waals surface area (Å²) in [5.41, 5.74) is 2.60. The van der Waals surface area contributed by atoms with E-state index < -0.39 is 0 Å². The number of nitrogens with zero attached hydrogens (tertiary/aromatic N) is 5. The van der Waals surface area contributed by atoms with Gasteiger partial charge in [0.25, 0.3) is 0 Å². The van der Waals surface area contributed by atoms with Crippen molar-refractivity contribution in [2.24, 2.45) is 0 Å². The van der Waals surface area contributed by atoms with Crippen molar-refractivity contribution in [3.05, 3.63) is 54.3 Å². The molecule has 36 heavy (non-hydrogen) atoms. The van der Waals surface area contributed by atoms with Crippen LogP contribution in [0.4, 0.5) is 23.0 Å². The first kappa shape index (κ1) is 26.7. The summed E-state index contributed by atoms with van der Waals surface area (Å²) < 4.78 is 10.9. The Morgan fingerprint density at radius 3 is 2.50 bits per heavy atom. The van der Waals surface area contributed by atoms with E-state index in [4.69, 9.17) is 21.1 Å². The summed E-state index contributed by atoms with van der Waals surface area (Å²) in [4.78, 5) is 29.3. The van der Waals surface area contributed by atoms with Crippen LogP contribution in [0, 0.1) is 0 Å². The van der Waals surface area contributed by atoms with Gasteiger partial charge in [0.15, 0.2) is 5.82 Å². The largest absolute Gasteiger partial charge is 0.497 e. The quantitative estimate of drug-likeness (QED) is 0.368. The number of carbonyl (C=O) groups excluding carboxylic acids is 1. The summed E-state index contributed by atoms with van der Waals surface area (Å²) in [6.45, 7) is 5.12. The predicted molar refractivity (Wildman–Crippen MR) is 144 cm³/mol. The lowest BCUT2D eigenvalue weighted by Crippen LogP contribution is -2.29. The van der Waals surface area contributed by atoms with Crippen molar-refractivity contribution < 1.29 is 14.3 Å². The third-order valence-electron chi connectivity index (χ3n) is 5.24. The van der Waals surface area contributed by atoms with Gasteiger partial charge in [-0.05, 0) is 44.4 Å². The van der Waals surface area contributed by atoms with Crippen molar-refractivity contribution in [1.29, 1.82) is 0 Å². The van der Waals surface area contributed by atoms with Crippen LogP contribution in [0.25, 0.3) is 11.4 Å². The zero-order valence-electron chi connectivity index (χ0n) is 21.0. The molecule has 0 saturated heterocycles. The number of methoxy groups -OCH3 is 2. The van der Waals surface area contributed by atoms with E-state index in [1.165, 1.54) is 12.4 Å². The molecule has 0 fully saturated rings. The van der Waals surface area contributed by atoms with Gasteiger partial charge in [0.05, 0.1) is 31.3 Å². The molecule has 11 heteroatoms. The Morgan fingerprint density at radius 2 is 1.83 bits per heavy atom. The van der Waals surface area contributed by atoms with Crippen LogP contribution in [-0.4, -0.2) is 74.2 Å². The van der Waals surface area contributed by atoms with Gasteiger partial charge in [-0.15, -0.1) is 0 Å². The average molecular weight is 512 g/mol. The molecule has 3 rings (SSSR count). The molecule has 0 atom stereocenters. The number of halogens is 1. The summed E-state index contributed by atoms with van der Waals surface area (Å²) >= 11 is 6.21. The first-order valence-corrected chi connectivity index (χ1v) is 11.4. The van der Waals surface area contributed by atoms with Gasteiger partial charge in [0.1, 0.15) is 17.8 Å². The lowest BCUT2D eigenvalue weighted by Gasteiger charge is -2.26. The molecule has 10 nitrogen and oxygen atoms in total. The Bertz CT molecular complexity index is 1240. The molecule has 0 aliphatic heterocycles. The summed E-state index contributed by atoms with van der Waals surface area (Å²) in [6, 6.07) is 8.85. The number of amides is 1. The van der Waals surface area contributed by atoms with E-state index in [0.29, 0.717) is 39.3 Å². The zero-order valence-corrected chi connectivity index (χ0v) is 21.8. The van der Waals surface area contributed by atoms with Gasteiger partial charge in [-0.25, -0.2) is 9.97 Å². The summed E-state index contributed by atoms with van der Waals surface area (Å²) in [7, 11) is 9.09. The van der Waals surface area contributed by atoms with Crippen molar-refractivity contribution in [2.75, 3.05) is 64.0 Å². The number of likely N-dealkylation sites (N-methyl/N-ethyl adjacent to an activating group) is 2. The maximum absolute atomic E-state index is 12.2. The highest BCUT2D eigenvalue weighted by molar-refractivity contribution is 6.31. The smallest absolute Gasteiger partial charge is 0.247 e. The third-order valence-corrected chi connectivity index (χ3v) is 5.46. The second-order valence-corrected chi connectivity index (χ2v) is 8.56. The highest BCUT2D eigenvalue weighted by Gasteiger charge is 2.17. The first-order chi connectivity index (χ1) is 17.2. The highest BCUT2D eigenvalue weighted by atomic mass is 35.5. The van der Waals surface area contributed by atoms with Gasteiger partial charge < -0.3 is 29.9 Å². The number of nitrogens with one attached hydrogen (secondary N) is 2. The topological polar surface area (TPSA) is 105 Å². The Hall–Kier alpha value is -3.89. The Kier molecular flexibility index (Phi) is 9.04. The zero-order chi connectivity index (χ0) is 26.2. The molecule has 1 heterocycles. The number of benzene rings is 2. The number of hydrogen-bond donors (Lipinski definition) is 2. The van der Waals surface area contributed by atoms with Gasteiger partial charge in [-0.2, -0.15) is 4.98 Å². The van der Waals surface area contributed by atoms with Crippen molar-refractivity contribution in [2.45, 2.75) is 0 Å². The molecule has 2 aromatic carbocycles. The van der Waals surface area contributed by atoms with Crippen LogP contribution < -0.4 is 25.0 Å². The van der Waals surface area contributed by atoms with Crippen LogP contribution in [0.1, 0.15) is 0 Å². The maximum Gasteiger partial charge on any atom is 0.247 e. The van der Waals surface area contributed by atoms with Crippen molar-refractivity contribution in [1.82, 2.24) is 19.9 Å². The van der Waals surface area contributed by atoms with Crippen LogP contribution in [0.15, 0.2) is 49.3 Å². The molecule has 0 unspecified atom stereocenters. The molecule has 0 aliphatic carbocycles. The van der Waals surface area contributed by atoms with Gasteiger partial charge >= 0.3 is 0 Å². The minimum absolute atomic E-state index is 0.284. The van der Waals surface area contributed by atoms with Gasteiger partial charge in [0, 0.05) is 36.8 Å². The van der Waals surface area contributed by atoms with Crippen molar-refractivity contribution in [3.63, 3.8) is 0 Å². The van der Waals surface area contributed by atoms with Gasteiger partial charge in [-0.1, -0.05) is 18.2 Å². The summed E-state index contributed by atoms with van der Waals surface area (Å²) in [5, 5.41) is 6.54. The van der Waals surface area contributed by atoms with Crippen LogP contribution in [0.5, 0.6) is 11.5 Å². The standard InChI is InChI=1S/C25H30ClN7O3/c1-7-23(34)29-19-13-20(22(36-6)14-21(19)33(4)9-8-32(2)3)30-25-28-15-27-24(31-25)16-10-17(26)12-18(11-16)35-5/h7,10-15H,1,8-9H2,2-6H3,(H,29,34)(H,27,28,30,31). The SMILES string of the molecule is C=CC(=O)Nc1cc(Nc2ncnc(-c3cc(Cl)cc(OC)c3)n2)c(OC)cc1N(C)CCN(C)C. The number of carbonyl (C=O) groups is 1. The predicted octanol–water partition coefficient (Wildman–Crippen LogP) is 4.08. The fourth-order valence-corrected chi connectivity index (χ4v) is 3.56. The highest BCUT2D eigenvalue weighted by Crippen LogP contribution is 2.38. The first-order valence-electron chi connectivity index (χ1n) is 11.1. The molecule has 2 N–H and O–H groups in total. The van der Waals surface area contributed by atoms with E-state index in [2.05, 4.69) is 37.1 Å². The van der Waals surface area contributed by atoms with Gasteiger partial charge in [-0.3, -0.25) is 4.79 Å². The van der Waals surface area contributed by atoms with E-state index >= 15 is 0 Å². The van der Waals surface area contributed by atoms with Crippen molar-refractivity contribution >= 4 is 40.5 Å². The number of anilines is 4. The molecule has 3 aromatic rings. The number of ether oxygens (including phenoxy) is 2. The van der Waals surface area contributed by atoms with E-state index in [1.54, 1.807) is 38.5 Å². The van der Waals surface area contributed by atoms with Crippen LogP contribution in [-0.2, 0) is 4.79 Å². The second kappa shape index (κ2) is 12.2. The Morgan fingerprint density at radius 1 is 1.06 bits per heavy atom. The molecule has 1 aromatic heterocycles. The van der Waals surface area contributed by atoms with Crippen LogP contribution in [0.2, 0.25) is 5.02 Å². The molecule has 0 spiro atoms. The molecule has 1 amide bonds. The Labute approximate surface area is 215 Å². The van der Waals surface area contributed by atoms with Crippen LogP contribution >= 0.6 is 11.6 Å². The molecule has 0 aliphatic rings. The number of rotatable bonds is 11. The molecular formula is C25H30ClN7O3. The number of hydrogen-bond acceptors (Lipinski definition) is 9. The Balaban J connectivity index is 1.99. The minimum Gasteiger partial charge on any atom is -0.497 e. The third kappa shape index (κ3) is 6.83. The lowest BCUT2D eigenvalue weighted by molar-refractivity contribution is -0.111. The van der Waals surface area contributed by atoms with Gasteiger partial charge in [0.2, 0.25) is 11.9 Å². The average Bonchev–Trinajstić information content (AvgIpc) is 2.87. The maximum atomic E-state index is 12.2. The molecule has 0 bridgehead atoms. The minimum atomic E-state index is -0.328. The van der Waals surface area contributed by atoms with E-state index in [0.717, 1.165) is 18.8 Å². The second-order valence-electron chi connectivity index (χ2n) is 8.13. The number of aromatic nitrogens is 3. The van der Waals surface area contributed by atoms with Crippen LogP contribution in [0.3, 0.4) is 0 Å². The molecule has 190 valence electrons. The molecule has 0 saturated carbocycles. The lowest BCUT2D eigenvalue weighted by atomic mass is 10.2. The summed E-state index contributed by atoms with van der Waals surface area (Å²) in [5.74, 6) is 1.50. The fourth-order valence-electron chi connectivity index (χ4n) is 3.33. The molecule has 0 radical (unpaired) electrons.